The van der Waals surface area contributed by atoms with E-state index in [4.69, 9.17) is 5.53 Å². The summed E-state index contributed by atoms with van der Waals surface area (Å²) in [5.41, 5.74) is 6.63. The molecule has 82 valence electrons. The molecule has 14 heavy (non-hydrogen) atoms. The molecule has 0 radical (unpaired) electrons. The van der Waals surface area contributed by atoms with Crippen molar-refractivity contribution in [1.29, 1.82) is 5.53 Å². The molecule has 1 atom stereocenters. The number of halogens is 1. The van der Waals surface area contributed by atoms with Crippen LogP contribution in [0.15, 0.2) is 5.11 Å². The molecule has 0 saturated carbocycles. The van der Waals surface area contributed by atoms with Gasteiger partial charge in [0.05, 0.1) is 0 Å². The molecule has 0 fully saturated rings. The van der Waals surface area contributed by atoms with Crippen molar-refractivity contribution in [3.05, 3.63) is 0 Å². The maximum absolute atomic E-state index is 11.1. The van der Waals surface area contributed by atoms with Crippen molar-refractivity contribution in [2.24, 2.45) is 5.11 Å². The van der Waals surface area contributed by atoms with Crippen molar-refractivity contribution < 1.29 is 26.0 Å². The Kier molecular flexibility index (Phi) is 8.76. The summed E-state index contributed by atoms with van der Waals surface area (Å²) in [6.07, 6.45) is 3.78. The topological polar surface area (TPSA) is 79.4 Å². The Morgan fingerprint density at radius 2 is 2.36 bits per heavy atom. The zero-order valence-corrected chi connectivity index (χ0v) is 10.7. The first-order valence-electron chi connectivity index (χ1n) is 4.61. The van der Waals surface area contributed by atoms with Gasteiger partial charge in [-0.05, 0) is 0 Å². The standard InChI is InChI=1S/C8H17IN4O/c1-3-4-5-6-7(12-13-10)11-8(14)9-2/h7,10H,3-6H2,1-2H3,(H,11,14). The molecule has 6 heteroatoms. The van der Waals surface area contributed by atoms with Gasteiger partial charge in [-0.1, -0.05) is 0 Å². The van der Waals surface area contributed by atoms with Crippen LogP contribution in [-0.2, 0) is 0 Å². The Balaban J connectivity index is 3.89. The second kappa shape index (κ2) is 9.08. The van der Waals surface area contributed by atoms with Gasteiger partial charge in [0.15, 0.2) is 0 Å². The summed E-state index contributed by atoms with van der Waals surface area (Å²) in [5, 5.41) is 6.42. The molecule has 2 N–H and O–H groups in total. The van der Waals surface area contributed by atoms with E-state index in [-0.39, 0.29) is 10.1 Å². The normalized spacial score (nSPS) is 11.9. The number of rotatable bonds is 7. The minimum absolute atomic E-state index is 0.0673. The van der Waals surface area contributed by atoms with E-state index in [0.717, 1.165) is 25.7 Å². The van der Waals surface area contributed by atoms with Crippen LogP contribution in [0, 0.1) is 5.53 Å². The summed E-state index contributed by atoms with van der Waals surface area (Å²) in [6.45, 7) is 2.12. The molecular formula is C8H17IN4O. The van der Waals surface area contributed by atoms with Gasteiger partial charge in [0.1, 0.15) is 0 Å². The van der Waals surface area contributed by atoms with Crippen LogP contribution in [0.4, 0.5) is 4.79 Å². The van der Waals surface area contributed by atoms with Gasteiger partial charge in [0, 0.05) is 0 Å². The predicted octanol–water partition coefficient (Wildman–Crippen LogP) is -1.13. The van der Waals surface area contributed by atoms with Crippen LogP contribution < -0.4 is 31.4 Å². The molecule has 5 nitrogen and oxygen atoms in total. The number of unbranched alkanes of at least 4 members (excludes halogenated alkanes) is 2. The van der Waals surface area contributed by atoms with Crippen molar-refractivity contribution in [2.75, 3.05) is 4.93 Å². The van der Waals surface area contributed by atoms with E-state index in [0.29, 0.717) is 0 Å². The molecule has 0 aromatic rings. The van der Waals surface area contributed by atoms with Crippen LogP contribution in [0.1, 0.15) is 32.6 Å². The monoisotopic (exact) mass is 312 g/mol. The number of hydrogen-bond donors (Lipinski definition) is 2. The Bertz CT molecular complexity index is 215. The average Bonchev–Trinajstić information content (AvgIpc) is 2.18. The maximum atomic E-state index is 11.1. The molecule has 0 aromatic carbocycles. The summed E-state index contributed by atoms with van der Waals surface area (Å²) in [6, 6.07) is 0. The second-order valence-corrected chi connectivity index (χ2v) is 4.89. The Morgan fingerprint density at radius 1 is 1.64 bits per heavy atom. The number of alkyl halides is 1. The van der Waals surface area contributed by atoms with E-state index < -0.39 is 21.2 Å². The van der Waals surface area contributed by atoms with Gasteiger partial charge in [-0.2, -0.15) is 0 Å². The SMILES string of the molecule is CCCCCC(N=[N+]=N)NC(=O)[I-]C. The van der Waals surface area contributed by atoms with Crippen LogP contribution >= 0.6 is 0 Å². The van der Waals surface area contributed by atoms with Crippen molar-refractivity contribution in [2.45, 2.75) is 38.8 Å². The number of carbonyl (C=O) groups is 1. The number of carbonyl (C=O) groups excluding carboxylic acids is 1. The molecule has 1 amide bonds. The van der Waals surface area contributed by atoms with Gasteiger partial charge < -0.3 is 0 Å². The van der Waals surface area contributed by atoms with Crippen molar-refractivity contribution in [3.8, 4) is 0 Å². The fourth-order valence-corrected chi connectivity index (χ4v) is 1.67. The van der Waals surface area contributed by atoms with Crippen molar-refractivity contribution in [1.82, 2.24) is 10.2 Å². The Morgan fingerprint density at radius 3 is 2.86 bits per heavy atom. The van der Waals surface area contributed by atoms with E-state index >= 15 is 0 Å². The predicted molar refractivity (Wildman–Crippen MR) is 49.7 cm³/mol. The van der Waals surface area contributed by atoms with E-state index in [9.17, 15) is 4.79 Å². The molecule has 0 bridgehead atoms. The molecule has 0 aliphatic rings. The summed E-state index contributed by atoms with van der Waals surface area (Å²) in [4.78, 5) is 16.0. The average molecular weight is 312 g/mol. The first-order chi connectivity index (χ1) is 6.74. The fraction of sp³-hybridized carbons (Fsp3) is 0.875. The zero-order chi connectivity index (χ0) is 10.8. The van der Waals surface area contributed by atoms with E-state index in [1.54, 1.807) is 0 Å². The minimum atomic E-state index is -0.433. The van der Waals surface area contributed by atoms with E-state index in [2.05, 4.69) is 22.3 Å². The molecular weight excluding hydrogens is 295 g/mol. The van der Waals surface area contributed by atoms with Gasteiger partial charge in [-0.15, -0.1) is 0 Å². The summed E-state index contributed by atoms with van der Waals surface area (Å²) < 4.78 is 0.0673. The zero-order valence-electron chi connectivity index (χ0n) is 8.59. The molecule has 0 rings (SSSR count). The van der Waals surface area contributed by atoms with Crippen LogP contribution in [0.25, 0.3) is 0 Å². The van der Waals surface area contributed by atoms with E-state index in [1.165, 1.54) is 0 Å². The Hall–Kier alpha value is -0.490. The third-order valence-corrected chi connectivity index (χ3v) is 3.02. The van der Waals surface area contributed by atoms with Gasteiger partial charge in [0.25, 0.3) is 0 Å². The van der Waals surface area contributed by atoms with E-state index in [1.807, 2.05) is 4.93 Å². The molecule has 1 unspecified atom stereocenters. The van der Waals surface area contributed by atoms with Crippen LogP contribution in [0.5, 0.6) is 0 Å². The summed E-state index contributed by atoms with van der Waals surface area (Å²) in [5.74, 6) is 0. The molecule has 0 heterocycles. The Labute approximate surface area is 94.5 Å². The number of nitrogens with zero attached hydrogens (tertiary/aromatic N) is 2. The first-order valence-corrected chi connectivity index (χ1v) is 7.84. The molecule has 0 spiro atoms. The van der Waals surface area contributed by atoms with Crippen molar-refractivity contribution in [3.63, 3.8) is 0 Å². The van der Waals surface area contributed by atoms with Crippen LogP contribution in [-0.4, -0.2) is 15.0 Å². The fourth-order valence-electron chi connectivity index (χ4n) is 1.00. The summed E-state index contributed by atoms with van der Waals surface area (Å²) in [7, 11) is 0. The number of amides is 1. The molecule has 0 saturated heterocycles. The van der Waals surface area contributed by atoms with Gasteiger partial charge in [-0.3, -0.25) is 0 Å². The van der Waals surface area contributed by atoms with Gasteiger partial charge >= 0.3 is 94.5 Å². The first kappa shape index (κ1) is 13.5. The van der Waals surface area contributed by atoms with Gasteiger partial charge in [-0.25, -0.2) is 0 Å². The second-order valence-electron chi connectivity index (χ2n) is 2.83. The quantitative estimate of drug-likeness (QED) is 0.117. The molecule has 0 aromatic heterocycles. The van der Waals surface area contributed by atoms with Crippen LogP contribution in [0.2, 0.25) is 0 Å². The number of nitrogens with one attached hydrogen (secondary N) is 2. The van der Waals surface area contributed by atoms with Gasteiger partial charge in [0.2, 0.25) is 0 Å². The molecule has 0 aliphatic heterocycles. The third kappa shape index (κ3) is 6.97. The van der Waals surface area contributed by atoms with Crippen molar-refractivity contribution >= 4 is 3.91 Å². The van der Waals surface area contributed by atoms with Crippen LogP contribution in [0.3, 0.4) is 0 Å². The third-order valence-electron chi connectivity index (χ3n) is 1.73. The molecule has 0 aliphatic carbocycles. The summed E-state index contributed by atoms with van der Waals surface area (Å²) >= 11 is -0.433. The number of hydrogen-bond acceptors (Lipinski definition) is 3.